The van der Waals surface area contributed by atoms with Crippen molar-refractivity contribution < 1.29 is 12.7 Å². The number of rotatable bonds is 15. The molecule has 0 heterocycles. The highest BCUT2D eigenvalue weighted by molar-refractivity contribution is 7.86. The van der Waals surface area contributed by atoms with Gasteiger partial charge in [0.1, 0.15) is 11.1 Å². The number of hydrogen-bond donors (Lipinski definition) is 0. The van der Waals surface area contributed by atoms with E-state index < -0.39 is 10.1 Å². The largest absolute Gasteiger partial charge is 0.358 e. The first-order valence-corrected chi connectivity index (χ1v) is 12.6. The molecule has 4 nitrogen and oxygen atoms in total. The molecule has 0 aliphatic carbocycles. The van der Waals surface area contributed by atoms with Gasteiger partial charge in [0.05, 0.1) is 0 Å². The molecule has 5 heteroatoms. The topological polar surface area (TPSA) is 55.7 Å². The molecule has 0 atom stereocenters. The molecule has 0 saturated carbocycles. The van der Waals surface area contributed by atoms with Gasteiger partial charge in [0.2, 0.25) is 0 Å². The van der Waals surface area contributed by atoms with Gasteiger partial charge in [-0.2, -0.15) is 8.42 Å². The van der Waals surface area contributed by atoms with Gasteiger partial charge in [-0.1, -0.05) is 112 Å². The van der Waals surface area contributed by atoms with Gasteiger partial charge in [0.15, 0.2) is 0 Å². The van der Waals surface area contributed by atoms with Crippen molar-refractivity contribution in [1.82, 2.24) is 0 Å². The number of nitrogens with zero attached hydrogens (tertiary/aromatic N) is 1. The summed E-state index contributed by atoms with van der Waals surface area (Å²) < 4.78 is 29.2. The van der Waals surface area contributed by atoms with Crippen molar-refractivity contribution in [3.05, 3.63) is 65.7 Å². The lowest BCUT2D eigenvalue weighted by Crippen LogP contribution is -2.03. The Morgan fingerprint density at radius 1 is 0.767 bits per heavy atom. The third kappa shape index (κ3) is 9.57. The Hall–Kier alpha value is -2.14. The van der Waals surface area contributed by atoms with Crippen LogP contribution in [-0.2, 0) is 20.8 Å². The normalized spacial score (nSPS) is 11.8. The number of hydrogen-bond acceptors (Lipinski definition) is 4. The molecule has 0 fully saturated rings. The zero-order valence-electron chi connectivity index (χ0n) is 18.1. The summed E-state index contributed by atoms with van der Waals surface area (Å²) in [5.74, 6) is 0. The molecule has 0 spiro atoms. The Morgan fingerprint density at radius 3 is 1.93 bits per heavy atom. The van der Waals surface area contributed by atoms with E-state index in [0.29, 0.717) is 5.56 Å². The van der Waals surface area contributed by atoms with Gasteiger partial charge in [-0.05, 0) is 30.5 Å². The van der Waals surface area contributed by atoms with Crippen molar-refractivity contribution in [2.75, 3.05) is 0 Å². The Morgan fingerprint density at radius 2 is 1.33 bits per heavy atom. The second kappa shape index (κ2) is 14.0. The average molecular weight is 429 g/mol. The van der Waals surface area contributed by atoms with E-state index in [0.717, 1.165) is 18.4 Å². The van der Waals surface area contributed by atoms with E-state index in [1.54, 1.807) is 24.3 Å². The first kappa shape index (κ1) is 24.1. The summed E-state index contributed by atoms with van der Waals surface area (Å²) in [5.41, 5.74) is 1.80. The van der Waals surface area contributed by atoms with Gasteiger partial charge >= 0.3 is 10.1 Å². The zero-order chi connectivity index (χ0) is 21.5. The quantitative estimate of drug-likeness (QED) is 0.179. The molecular formula is C25H34NO3S. The van der Waals surface area contributed by atoms with Crippen LogP contribution in [0.4, 0.5) is 0 Å². The summed E-state index contributed by atoms with van der Waals surface area (Å²) in [6.07, 6.45) is 16.6. The Bertz CT molecular complexity index is 830. The van der Waals surface area contributed by atoms with Gasteiger partial charge in [-0.3, -0.25) is 4.28 Å². The minimum atomic E-state index is -3.92. The standard InChI is InChI=1S/C25H34NO3S/c1-2-3-4-5-6-7-8-9-10-12-15-23-18-20-25(21-19-23)30(27,28)29-26-22-24-16-13-11-14-17-24/h11,13-14,16-21H,2-10,12,15H2,1H3. The lowest BCUT2D eigenvalue weighted by atomic mass is 10.0. The van der Waals surface area contributed by atoms with E-state index >= 15 is 0 Å². The molecule has 1 radical (unpaired) electrons. The average Bonchev–Trinajstić information content (AvgIpc) is 2.76. The van der Waals surface area contributed by atoms with Crippen molar-refractivity contribution in [3.63, 3.8) is 0 Å². The molecule has 0 amide bonds. The van der Waals surface area contributed by atoms with Crippen LogP contribution in [0.1, 0.15) is 82.3 Å². The van der Waals surface area contributed by atoms with E-state index in [2.05, 4.69) is 18.3 Å². The van der Waals surface area contributed by atoms with Crippen LogP contribution >= 0.6 is 0 Å². The van der Waals surface area contributed by atoms with E-state index in [1.807, 2.05) is 30.3 Å². The summed E-state index contributed by atoms with van der Waals surface area (Å²) in [7, 11) is -3.92. The second-order valence-corrected chi connectivity index (χ2v) is 9.20. The Kier molecular flexibility index (Phi) is 11.2. The third-order valence-electron chi connectivity index (χ3n) is 5.11. The third-order valence-corrected chi connectivity index (χ3v) is 6.24. The van der Waals surface area contributed by atoms with Crippen LogP contribution in [0.25, 0.3) is 0 Å². The first-order valence-electron chi connectivity index (χ1n) is 11.2. The number of benzene rings is 2. The lowest BCUT2D eigenvalue weighted by Gasteiger charge is -2.05. The molecule has 0 unspecified atom stereocenters. The molecule has 0 bridgehead atoms. The van der Waals surface area contributed by atoms with Crippen molar-refractivity contribution in [2.24, 2.45) is 5.16 Å². The maximum atomic E-state index is 12.2. The molecular weight excluding hydrogens is 394 g/mol. The predicted octanol–water partition coefficient (Wildman–Crippen LogP) is 6.77. The van der Waals surface area contributed by atoms with Gasteiger partial charge in [0.25, 0.3) is 0 Å². The van der Waals surface area contributed by atoms with Crippen LogP contribution in [0.2, 0.25) is 0 Å². The molecule has 163 valence electrons. The first-order chi connectivity index (χ1) is 14.6. The number of aryl methyl sites for hydroxylation is 1. The zero-order valence-corrected chi connectivity index (χ0v) is 18.9. The molecule has 0 aliphatic heterocycles. The minimum Gasteiger partial charge on any atom is -0.264 e. The van der Waals surface area contributed by atoms with E-state index in [1.165, 1.54) is 57.8 Å². The van der Waals surface area contributed by atoms with Crippen molar-refractivity contribution >= 4 is 16.3 Å². The molecule has 0 N–H and O–H groups in total. The summed E-state index contributed by atoms with van der Waals surface area (Å²) in [4.78, 5) is 0.105. The molecule has 0 saturated heterocycles. The smallest absolute Gasteiger partial charge is 0.264 e. The summed E-state index contributed by atoms with van der Waals surface area (Å²) in [5, 5.41) is 3.48. The lowest BCUT2D eigenvalue weighted by molar-refractivity contribution is 0.341. The summed E-state index contributed by atoms with van der Waals surface area (Å²) in [6, 6.07) is 15.9. The summed E-state index contributed by atoms with van der Waals surface area (Å²) >= 11 is 0. The fraction of sp³-hybridized carbons (Fsp3) is 0.480. The van der Waals surface area contributed by atoms with E-state index in [9.17, 15) is 8.42 Å². The van der Waals surface area contributed by atoms with Crippen molar-refractivity contribution in [1.29, 1.82) is 0 Å². The maximum absolute atomic E-state index is 12.2. The van der Waals surface area contributed by atoms with Crippen LogP contribution in [-0.4, -0.2) is 14.6 Å². The highest BCUT2D eigenvalue weighted by Crippen LogP contribution is 2.16. The number of unbranched alkanes of at least 4 members (excludes halogenated alkanes) is 9. The van der Waals surface area contributed by atoms with Crippen LogP contribution in [0.15, 0.2) is 64.6 Å². The van der Waals surface area contributed by atoms with Crippen LogP contribution in [0.5, 0.6) is 0 Å². The van der Waals surface area contributed by atoms with Gasteiger partial charge in [0, 0.05) is 5.56 Å². The molecule has 2 aromatic carbocycles. The van der Waals surface area contributed by atoms with Crippen molar-refractivity contribution in [3.8, 4) is 0 Å². The van der Waals surface area contributed by atoms with Gasteiger partial charge < -0.3 is 0 Å². The highest BCUT2D eigenvalue weighted by Gasteiger charge is 2.15. The molecule has 2 aromatic rings. The van der Waals surface area contributed by atoms with Crippen LogP contribution in [0.3, 0.4) is 0 Å². The maximum Gasteiger partial charge on any atom is 0.358 e. The predicted molar refractivity (Wildman–Crippen MR) is 123 cm³/mol. The summed E-state index contributed by atoms with van der Waals surface area (Å²) in [6.45, 7) is 2.25. The second-order valence-electron chi connectivity index (χ2n) is 7.67. The monoisotopic (exact) mass is 428 g/mol. The van der Waals surface area contributed by atoms with Crippen LogP contribution < -0.4 is 0 Å². The van der Waals surface area contributed by atoms with Crippen LogP contribution in [0, 0.1) is 0 Å². The molecule has 0 aromatic heterocycles. The SMILES string of the molecule is CCCCCCCCCCCCc1ccc(S(=O)(=O)O/N=[C]/c2ccccc2)cc1. The minimum absolute atomic E-state index is 0.105. The fourth-order valence-electron chi connectivity index (χ4n) is 3.32. The van der Waals surface area contributed by atoms with Crippen molar-refractivity contribution in [2.45, 2.75) is 82.4 Å². The van der Waals surface area contributed by atoms with Gasteiger partial charge in [-0.15, -0.1) is 0 Å². The Labute approximate surface area is 182 Å². The Balaban J connectivity index is 1.66. The van der Waals surface area contributed by atoms with E-state index in [4.69, 9.17) is 4.28 Å². The molecule has 30 heavy (non-hydrogen) atoms. The fourth-order valence-corrected chi connectivity index (χ4v) is 4.01. The molecule has 2 rings (SSSR count). The molecule has 0 aliphatic rings. The highest BCUT2D eigenvalue weighted by atomic mass is 32.2. The van der Waals surface area contributed by atoms with E-state index in [-0.39, 0.29) is 4.90 Å². The van der Waals surface area contributed by atoms with Gasteiger partial charge in [-0.25, -0.2) is 0 Å².